The SMILES string of the molecule is CN(Cc1ccc(Br)cc1)C(CN)c1ccccc1. The Morgan fingerprint density at radius 2 is 1.68 bits per heavy atom. The minimum absolute atomic E-state index is 0.254. The van der Waals surface area contributed by atoms with Crippen molar-refractivity contribution in [3.8, 4) is 0 Å². The molecule has 0 aliphatic heterocycles. The molecule has 0 saturated heterocycles. The van der Waals surface area contributed by atoms with Crippen LogP contribution in [0.5, 0.6) is 0 Å². The van der Waals surface area contributed by atoms with Gasteiger partial charge in [0.2, 0.25) is 0 Å². The number of nitrogens with two attached hydrogens (primary N) is 1. The molecule has 2 nitrogen and oxygen atoms in total. The van der Waals surface area contributed by atoms with Crippen molar-refractivity contribution >= 4 is 15.9 Å². The molecule has 0 saturated carbocycles. The Labute approximate surface area is 123 Å². The quantitative estimate of drug-likeness (QED) is 0.913. The third-order valence-corrected chi connectivity index (χ3v) is 3.81. The molecule has 2 N–H and O–H groups in total. The molecule has 2 aromatic carbocycles. The third kappa shape index (κ3) is 3.90. The van der Waals surface area contributed by atoms with E-state index >= 15 is 0 Å². The molecular formula is C16H19BrN2. The van der Waals surface area contributed by atoms with E-state index < -0.39 is 0 Å². The first-order valence-corrected chi connectivity index (χ1v) is 7.19. The van der Waals surface area contributed by atoms with Crippen LogP contribution >= 0.6 is 15.9 Å². The summed E-state index contributed by atoms with van der Waals surface area (Å²) in [7, 11) is 2.12. The van der Waals surface area contributed by atoms with Crippen molar-refractivity contribution in [1.82, 2.24) is 4.90 Å². The maximum absolute atomic E-state index is 5.93. The second-order valence-corrected chi connectivity index (χ2v) is 5.62. The Balaban J connectivity index is 2.09. The smallest absolute Gasteiger partial charge is 0.0470 e. The number of halogens is 1. The Morgan fingerprint density at radius 1 is 1.05 bits per heavy atom. The fraction of sp³-hybridized carbons (Fsp3) is 0.250. The van der Waals surface area contributed by atoms with Crippen LogP contribution in [0.4, 0.5) is 0 Å². The van der Waals surface area contributed by atoms with Crippen LogP contribution in [-0.2, 0) is 6.54 Å². The van der Waals surface area contributed by atoms with E-state index in [2.05, 4.69) is 76.4 Å². The number of likely N-dealkylation sites (N-methyl/N-ethyl adjacent to an activating group) is 1. The molecule has 0 amide bonds. The van der Waals surface area contributed by atoms with Gasteiger partial charge in [-0.15, -0.1) is 0 Å². The standard InChI is InChI=1S/C16H19BrN2/c1-19(12-13-7-9-15(17)10-8-13)16(11-18)14-5-3-2-4-6-14/h2-10,16H,11-12,18H2,1H3. The van der Waals surface area contributed by atoms with Crippen molar-refractivity contribution in [3.05, 3.63) is 70.2 Å². The molecule has 0 aromatic heterocycles. The summed E-state index contributed by atoms with van der Waals surface area (Å²) in [4.78, 5) is 2.29. The fourth-order valence-electron chi connectivity index (χ4n) is 2.23. The zero-order valence-electron chi connectivity index (χ0n) is 11.1. The van der Waals surface area contributed by atoms with Crippen LogP contribution in [0.3, 0.4) is 0 Å². The highest BCUT2D eigenvalue weighted by atomic mass is 79.9. The van der Waals surface area contributed by atoms with Crippen molar-refractivity contribution in [3.63, 3.8) is 0 Å². The van der Waals surface area contributed by atoms with E-state index in [9.17, 15) is 0 Å². The van der Waals surface area contributed by atoms with Gasteiger partial charge in [-0.05, 0) is 30.3 Å². The van der Waals surface area contributed by atoms with Crippen molar-refractivity contribution in [2.45, 2.75) is 12.6 Å². The summed E-state index contributed by atoms with van der Waals surface area (Å²) >= 11 is 3.46. The van der Waals surface area contributed by atoms with Gasteiger partial charge in [-0.3, -0.25) is 4.90 Å². The predicted octanol–water partition coefficient (Wildman–Crippen LogP) is 3.58. The molecule has 100 valence electrons. The average molecular weight is 319 g/mol. The first-order valence-electron chi connectivity index (χ1n) is 6.40. The maximum atomic E-state index is 5.93. The van der Waals surface area contributed by atoms with Gasteiger partial charge in [0, 0.05) is 23.6 Å². The van der Waals surface area contributed by atoms with Crippen LogP contribution in [0.15, 0.2) is 59.1 Å². The van der Waals surface area contributed by atoms with Gasteiger partial charge in [-0.25, -0.2) is 0 Å². The van der Waals surface area contributed by atoms with E-state index in [1.807, 2.05) is 6.07 Å². The van der Waals surface area contributed by atoms with Gasteiger partial charge in [0.25, 0.3) is 0 Å². The van der Waals surface area contributed by atoms with Gasteiger partial charge < -0.3 is 5.73 Å². The van der Waals surface area contributed by atoms with Crippen LogP contribution in [0, 0.1) is 0 Å². The van der Waals surface area contributed by atoms with E-state index in [4.69, 9.17) is 5.73 Å². The Morgan fingerprint density at radius 3 is 2.26 bits per heavy atom. The molecule has 2 aromatic rings. The van der Waals surface area contributed by atoms with E-state index in [-0.39, 0.29) is 6.04 Å². The first-order chi connectivity index (χ1) is 9.20. The number of hydrogen-bond acceptors (Lipinski definition) is 2. The monoisotopic (exact) mass is 318 g/mol. The first kappa shape index (κ1) is 14.3. The second-order valence-electron chi connectivity index (χ2n) is 4.70. The number of rotatable bonds is 5. The van der Waals surface area contributed by atoms with Gasteiger partial charge in [-0.1, -0.05) is 58.4 Å². The number of nitrogens with zero attached hydrogens (tertiary/aromatic N) is 1. The fourth-order valence-corrected chi connectivity index (χ4v) is 2.50. The molecule has 0 radical (unpaired) electrons. The van der Waals surface area contributed by atoms with Gasteiger partial charge in [0.05, 0.1) is 0 Å². The molecule has 2 rings (SSSR count). The Bertz CT molecular complexity index is 496. The van der Waals surface area contributed by atoms with Crippen LogP contribution in [0.1, 0.15) is 17.2 Å². The zero-order valence-corrected chi connectivity index (χ0v) is 12.7. The molecule has 0 aliphatic carbocycles. The van der Waals surface area contributed by atoms with Crippen molar-refractivity contribution in [2.75, 3.05) is 13.6 Å². The van der Waals surface area contributed by atoms with E-state index in [1.54, 1.807) is 0 Å². The Hall–Kier alpha value is -1.16. The molecular weight excluding hydrogens is 300 g/mol. The summed E-state index contributed by atoms with van der Waals surface area (Å²) < 4.78 is 1.11. The summed E-state index contributed by atoms with van der Waals surface area (Å²) in [6, 6.07) is 19.1. The van der Waals surface area contributed by atoms with Crippen LogP contribution < -0.4 is 5.73 Å². The average Bonchev–Trinajstić information content (AvgIpc) is 2.43. The third-order valence-electron chi connectivity index (χ3n) is 3.28. The van der Waals surface area contributed by atoms with E-state index in [0.29, 0.717) is 6.54 Å². The topological polar surface area (TPSA) is 29.3 Å². The highest BCUT2D eigenvalue weighted by molar-refractivity contribution is 9.10. The summed E-state index contributed by atoms with van der Waals surface area (Å²) in [6.45, 7) is 1.51. The maximum Gasteiger partial charge on any atom is 0.0470 e. The molecule has 19 heavy (non-hydrogen) atoms. The lowest BCUT2D eigenvalue weighted by Crippen LogP contribution is -2.30. The molecule has 0 spiro atoms. The zero-order chi connectivity index (χ0) is 13.7. The van der Waals surface area contributed by atoms with Crippen molar-refractivity contribution in [2.24, 2.45) is 5.73 Å². The summed E-state index contributed by atoms with van der Waals surface area (Å²) in [5, 5.41) is 0. The highest BCUT2D eigenvalue weighted by Gasteiger charge is 2.15. The lowest BCUT2D eigenvalue weighted by Gasteiger charge is -2.27. The van der Waals surface area contributed by atoms with E-state index in [0.717, 1.165) is 11.0 Å². The summed E-state index contributed by atoms with van der Waals surface area (Å²) in [5.74, 6) is 0. The molecule has 0 fully saturated rings. The summed E-state index contributed by atoms with van der Waals surface area (Å²) in [5.41, 5.74) is 8.49. The minimum Gasteiger partial charge on any atom is -0.329 e. The van der Waals surface area contributed by atoms with Crippen LogP contribution in [0.25, 0.3) is 0 Å². The largest absolute Gasteiger partial charge is 0.329 e. The lowest BCUT2D eigenvalue weighted by atomic mass is 10.1. The number of hydrogen-bond donors (Lipinski definition) is 1. The van der Waals surface area contributed by atoms with Gasteiger partial charge in [-0.2, -0.15) is 0 Å². The van der Waals surface area contributed by atoms with E-state index in [1.165, 1.54) is 11.1 Å². The molecule has 0 aliphatic rings. The van der Waals surface area contributed by atoms with Gasteiger partial charge in [0.1, 0.15) is 0 Å². The van der Waals surface area contributed by atoms with Gasteiger partial charge >= 0.3 is 0 Å². The van der Waals surface area contributed by atoms with Crippen LogP contribution in [0.2, 0.25) is 0 Å². The normalized spacial score (nSPS) is 12.6. The Kier molecular flexibility index (Phi) is 5.14. The van der Waals surface area contributed by atoms with Crippen molar-refractivity contribution in [1.29, 1.82) is 0 Å². The number of benzene rings is 2. The summed E-state index contributed by atoms with van der Waals surface area (Å²) in [6.07, 6.45) is 0. The molecule has 0 heterocycles. The lowest BCUT2D eigenvalue weighted by molar-refractivity contribution is 0.242. The molecule has 3 heteroatoms. The van der Waals surface area contributed by atoms with Crippen molar-refractivity contribution < 1.29 is 0 Å². The minimum atomic E-state index is 0.254. The molecule has 0 bridgehead atoms. The predicted molar refractivity (Wildman–Crippen MR) is 83.8 cm³/mol. The van der Waals surface area contributed by atoms with Gasteiger partial charge in [0.15, 0.2) is 0 Å². The second kappa shape index (κ2) is 6.85. The molecule has 1 unspecified atom stereocenters. The molecule has 1 atom stereocenters. The highest BCUT2D eigenvalue weighted by Crippen LogP contribution is 2.20. The van der Waals surface area contributed by atoms with Crippen LogP contribution in [-0.4, -0.2) is 18.5 Å².